The molecule has 1 N–H and O–H groups in total. The minimum absolute atomic E-state index is 0.0193. The van der Waals surface area contributed by atoms with Gasteiger partial charge in [0.25, 0.3) is 5.91 Å². The zero-order valence-corrected chi connectivity index (χ0v) is 17.7. The molecule has 1 saturated heterocycles. The molecule has 1 atom stereocenters. The predicted octanol–water partition coefficient (Wildman–Crippen LogP) is 4.59. The van der Waals surface area contributed by atoms with Gasteiger partial charge in [0, 0.05) is 35.5 Å². The highest BCUT2D eigenvalue weighted by molar-refractivity contribution is 7.15. The number of hydrogen-bond acceptors (Lipinski definition) is 5. The zero-order valence-electron chi connectivity index (χ0n) is 16.2. The van der Waals surface area contributed by atoms with Crippen LogP contribution in [0.25, 0.3) is 0 Å². The number of aromatic nitrogens is 2. The fraction of sp³-hybridized carbons (Fsp3) is 0.500. The van der Waals surface area contributed by atoms with E-state index in [-0.39, 0.29) is 17.7 Å². The Hall–Kier alpha value is -1.99. The Balaban J connectivity index is 1.51. The summed E-state index contributed by atoms with van der Waals surface area (Å²) in [7, 11) is 0. The molecule has 3 rings (SSSR count). The molecule has 1 aromatic carbocycles. The fourth-order valence-electron chi connectivity index (χ4n) is 3.37. The zero-order chi connectivity index (χ0) is 20.1. The molecule has 1 aliphatic heterocycles. The van der Waals surface area contributed by atoms with E-state index in [0.29, 0.717) is 47.6 Å². The van der Waals surface area contributed by atoms with Crippen molar-refractivity contribution in [3.8, 4) is 0 Å². The molecule has 8 heteroatoms. The Morgan fingerprint density at radius 3 is 2.57 bits per heavy atom. The summed E-state index contributed by atoms with van der Waals surface area (Å²) in [5.74, 6) is 0.184. The molecule has 1 aliphatic rings. The van der Waals surface area contributed by atoms with Gasteiger partial charge in [-0.3, -0.25) is 9.59 Å². The molecule has 1 unspecified atom stereocenters. The summed E-state index contributed by atoms with van der Waals surface area (Å²) in [5.41, 5.74) is 0.620. The van der Waals surface area contributed by atoms with Gasteiger partial charge >= 0.3 is 0 Å². The van der Waals surface area contributed by atoms with Gasteiger partial charge in [0.15, 0.2) is 0 Å². The van der Waals surface area contributed by atoms with Gasteiger partial charge in [-0.05, 0) is 43.5 Å². The maximum Gasteiger partial charge on any atom is 0.253 e. The lowest BCUT2D eigenvalue weighted by atomic mass is 9.95. The van der Waals surface area contributed by atoms with E-state index in [1.54, 1.807) is 29.2 Å². The molecule has 0 saturated carbocycles. The Bertz CT molecular complexity index is 816. The summed E-state index contributed by atoms with van der Waals surface area (Å²) in [6.07, 6.45) is 3.44. The Morgan fingerprint density at radius 1 is 1.25 bits per heavy atom. The number of carbonyl (C=O) groups is 2. The molecule has 1 aromatic heterocycles. The Morgan fingerprint density at radius 2 is 1.93 bits per heavy atom. The van der Waals surface area contributed by atoms with Gasteiger partial charge in [-0.1, -0.05) is 43.2 Å². The number of nitrogens with zero attached hydrogens (tertiary/aromatic N) is 3. The molecular weight excluding hydrogens is 396 g/mol. The third kappa shape index (κ3) is 5.08. The highest BCUT2D eigenvalue weighted by Gasteiger charge is 2.28. The molecule has 2 heterocycles. The van der Waals surface area contributed by atoms with Crippen LogP contribution < -0.4 is 5.32 Å². The van der Waals surface area contributed by atoms with E-state index < -0.39 is 0 Å². The van der Waals surface area contributed by atoms with Crippen LogP contribution >= 0.6 is 22.9 Å². The molecule has 2 aromatic rings. The van der Waals surface area contributed by atoms with Crippen LogP contribution in [0.15, 0.2) is 24.3 Å². The summed E-state index contributed by atoms with van der Waals surface area (Å²) in [5, 5.41) is 13.3. The molecule has 150 valence electrons. The maximum atomic E-state index is 12.6. The van der Waals surface area contributed by atoms with Crippen molar-refractivity contribution in [3.05, 3.63) is 39.9 Å². The smallest absolute Gasteiger partial charge is 0.253 e. The average molecular weight is 421 g/mol. The molecule has 1 fully saturated rings. The summed E-state index contributed by atoms with van der Waals surface area (Å²) >= 11 is 7.33. The van der Waals surface area contributed by atoms with Crippen molar-refractivity contribution in [2.24, 2.45) is 5.92 Å². The van der Waals surface area contributed by atoms with Crippen molar-refractivity contribution < 1.29 is 9.59 Å². The van der Waals surface area contributed by atoms with Gasteiger partial charge in [0.05, 0.1) is 0 Å². The minimum atomic E-state index is -0.116. The Labute approximate surface area is 174 Å². The number of likely N-dealkylation sites (tertiary alicyclic amines) is 1. The van der Waals surface area contributed by atoms with E-state index in [4.69, 9.17) is 11.6 Å². The normalized spacial score (nSPS) is 16.0. The topological polar surface area (TPSA) is 75.2 Å². The number of halogens is 1. The average Bonchev–Trinajstić information content (AvgIpc) is 3.17. The van der Waals surface area contributed by atoms with Crippen LogP contribution in [0.1, 0.15) is 60.8 Å². The number of carbonyl (C=O) groups excluding carboxylic acids is 2. The number of anilines is 1. The second-order valence-corrected chi connectivity index (χ2v) is 8.64. The Kier molecular flexibility index (Phi) is 7.02. The SMILES string of the molecule is CCCC(C)c1nnc(NC(=O)C2CCN(C(=O)c3ccc(Cl)cc3)CC2)s1. The van der Waals surface area contributed by atoms with Crippen molar-refractivity contribution in [2.45, 2.75) is 45.4 Å². The van der Waals surface area contributed by atoms with E-state index in [9.17, 15) is 9.59 Å². The predicted molar refractivity (Wildman–Crippen MR) is 112 cm³/mol. The fourth-order valence-corrected chi connectivity index (χ4v) is 4.33. The van der Waals surface area contributed by atoms with Gasteiger partial charge in [0.2, 0.25) is 11.0 Å². The van der Waals surface area contributed by atoms with Gasteiger partial charge in [-0.2, -0.15) is 0 Å². The van der Waals surface area contributed by atoms with Crippen LogP contribution in [-0.2, 0) is 4.79 Å². The first-order valence-corrected chi connectivity index (χ1v) is 10.9. The number of benzene rings is 1. The highest BCUT2D eigenvalue weighted by Crippen LogP contribution is 2.27. The third-order valence-corrected chi connectivity index (χ3v) is 6.38. The van der Waals surface area contributed by atoms with Crippen LogP contribution in [0.4, 0.5) is 5.13 Å². The standard InChI is InChI=1S/C20H25ClN4O2S/c1-3-4-13(2)18-23-24-20(28-18)22-17(26)14-9-11-25(12-10-14)19(27)15-5-7-16(21)8-6-15/h5-8,13-14H,3-4,9-12H2,1-2H3,(H,22,24,26). The summed E-state index contributed by atoms with van der Waals surface area (Å²) in [6.45, 7) is 5.40. The van der Waals surface area contributed by atoms with Gasteiger partial charge < -0.3 is 10.2 Å². The molecule has 0 spiro atoms. The number of rotatable bonds is 6. The summed E-state index contributed by atoms with van der Waals surface area (Å²) in [4.78, 5) is 26.9. The summed E-state index contributed by atoms with van der Waals surface area (Å²) in [6, 6.07) is 6.89. The number of hydrogen-bond donors (Lipinski definition) is 1. The lowest BCUT2D eigenvalue weighted by molar-refractivity contribution is -0.121. The second kappa shape index (κ2) is 9.47. The first-order valence-electron chi connectivity index (χ1n) is 9.67. The van der Waals surface area contributed by atoms with Gasteiger partial charge in [-0.15, -0.1) is 10.2 Å². The van der Waals surface area contributed by atoms with Crippen molar-refractivity contribution in [1.29, 1.82) is 0 Å². The second-order valence-electron chi connectivity index (χ2n) is 7.20. The van der Waals surface area contributed by atoms with Crippen molar-refractivity contribution >= 4 is 39.9 Å². The first kappa shape index (κ1) is 20.7. The van der Waals surface area contributed by atoms with Gasteiger partial charge in [-0.25, -0.2) is 0 Å². The van der Waals surface area contributed by atoms with Crippen molar-refractivity contribution in [2.75, 3.05) is 18.4 Å². The van der Waals surface area contributed by atoms with Crippen LogP contribution in [0.5, 0.6) is 0 Å². The van der Waals surface area contributed by atoms with Crippen LogP contribution in [-0.4, -0.2) is 40.0 Å². The van der Waals surface area contributed by atoms with Crippen molar-refractivity contribution in [3.63, 3.8) is 0 Å². The lowest BCUT2D eigenvalue weighted by Crippen LogP contribution is -2.41. The largest absolute Gasteiger partial charge is 0.339 e. The minimum Gasteiger partial charge on any atom is -0.339 e. The lowest BCUT2D eigenvalue weighted by Gasteiger charge is -2.31. The van der Waals surface area contributed by atoms with E-state index in [0.717, 1.165) is 17.8 Å². The van der Waals surface area contributed by atoms with E-state index in [1.165, 1.54) is 11.3 Å². The van der Waals surface area contributed by atoms with Crippen LogP contribution in [0.3, 0.4) is 0 Å². The molecule has 6 nitrogen and oxygen atoms in total. The highest BCUT2D eigenvalue weighted by atomic mass is 35.5. The summed E-state index contributed by atoms with van der Waals surface area (Å²) < 4.78 is 0. The van der Waals surface area contributed by atoms with E-state index in [2.05, 4.69) is 29.4 Å². The van der Waals surface area contributed by atoms with Gasteiger partial charge in [0.1, 0.15) is 5.01 Å². The molecule has 0 aliphatic carbocycles. The quantitative estimate of drug-likeness (QED) is 0.741. The van der Waals surface area contributed by atoms with E-state index >= 15 is 0 Å². The third-order valence-electron chi connectivity index (χ3n) is 5.06. The van der Waals surface area contributed by atoms with Crippen LogP contribution in [0.2, 0.25) is 5.02 Å². The number of amides is 2. The maximum absolute atomic E-state index is 12.6. The molecule has 0 radical (unpaired) electrons. The van der Waals surface area contributed by atoms with E-state index in [1.807, 2.05) is 0 Å². The molecular formula is C20H25ClN4O2S. The number of piperidine rings is 1. The van der Waals surface area contributed by atoms with Crippen molar-refractivity contribution in [1.82, 2.24) is 15.1 Å². The van der Waals surface area contributed by atoms with Crippen LogP contribution in [0, 0.1) is 5.92 Å². The first-order chi connectivity index (χ1) is 13.5. The number of nitrogens with one attached hydrogen (secondary N) is 1. The molecule has 28 heavy (non-hydrogen) atoms. The molecule has 0 bridgehead atoms. The molecule has 2 amide bonds. The monoisotopic (exact) mass is 420 g/mol.